The van der Waals surface area contributed by atoms with E-state index >= 15 is 0 Å². The van der Waals surface area contributed by atoms with Gasteiger partial charge in [0, 0.05) is 29.7 Å². The number of amides is 1. The molecule has 1 aromatic carbocycles. The van der Waals surface area contributed by atoms with Crippen molar-refractivity contribution in [3.05, 3.63) is 35.5 Å². The molecule has 1 amide bonds. The fraction of sp³-hybridized carbons (Fsp3) is 0.583. The highest BCUT2D eigenvalue weighted by Crippen LogP contribution is 2.49. The van der Waals surface area contributed by atoms with Gasteiger partial charge in [0.1, 0.15) is 0 Å². The number of esters is 1. The molecule has 8 nitrogen and oxygen atoms in total. The first kappa shape index (κ1) is 22.6. The van der Waals surface area contributed by atoms with Crippen LogP contribution >= 0.6 is 0 Å². The third kappa shape index (κ3) is 4.21. The Morgan fingerprint density at radius 3 is 2.75 bits per heavy atom. The smallest absolute Gasteiger partial charge is 0.404 e. The van der Waals surface area contributed by atoms with Crippen molar-refractivity contribution >= 4 is 23.0 Å². The van der Waals surface area contributed by atoms with Crippen LogP contribution in [-0.2, 0) is 20.7 Å². The summed E-state index contributed by atoms with van der Waals surface area (Å²) in [5.41, 5.74) is 8.50. The van der Waals surface area contributed by atoms with Crippen LogP contribution in [0.15, 0.2) is 24.3 Å². The second kappa shape index (κ2) is 9.50. The lowest BCUT2D eigenvalue weighted by atomic mass is 9.65. The van der Waals surface area contributed by atoms with E-state index in [1.54, 1.807) is 6.92 Å². The quantitative estimate of drug-likeness (QED) is 0.615. The Morgan fingerprint density at radius 2 is 2.06 bits per heavy atom. The van der Waals surface area contributed by atoms with Gasteiger partial charge in [0.15, 0.2) is 0 Å². The number of para-hydroxylation sites is 1. The van der Waals surface area contributed by atoms with E-state index in [9.17, 15) is 14.7 Å². The number of aromatic amines is 1. The van der Waals surface area contributed by atoms with Gasteiger partial charge >= 0.3 is 12.1 Å². The molecule has 2 fully saturated rings. The van der Waals surface area contributed by atoms with Crippen LogP contribution in [0.5, 0.6) is 0 Å². The monoisotopic (exact) mass is 443 g/mol. The Hall–Kier alpha value is -2.58. The van der Waals surface area contributed by atoms with Gasteiger partial charge in [-0.2, -0.15) is 0 Å². The van der Waals surface area contributed by atoms with Crippen LogP contribution in [0.25, 0.3) is 10.9 Å². The van der Waals surface area contributed by atoms with Crippen molar-refractivity contribution < 1.29 is 24.2 Å². The number of H-pyrrole nitrogens is 1. The zero-order valence-corrected chi connectivity index (χ0v) is 18.8. The molecule has 1 saturated carbocycles. The van der Waals surface area contributed by atoms with Gasteiger partial charge in [0.2, 0.25) is 0 Å². The van der Waals surface area contributed by atoms with Gasteiger partial charge in [0.05, 0.1) is 31.8 Å². The lowest BCUT2D eigenvalue weighted by Gasteiger charge is -2.50. The summed E-state index contributed by atoms with van der Waals surface area (Å²) >= 11 is 0. The number of hydrogen-bond acceptors (Lipinski definition) is 6. The number of nitrogens with one attached hydrogen (secondary N) is 1. The third-order valence-electron chi connectivity index (χ3n) is 7.31. The molecular weight excluding hydrogens is 410 g/mol. The van der Waals surface area contributed by atoms with Gasteiger partial charge in [-0.15, -0.1) is 0 Å². The molecule has 0 unspecified atom stereocenters. The van der Waals surface area contributed by atoms with Crippen LogP contribution in [0.3, 0.4) is 0 Å². The predicted molar refractivity (Wildman–Crippen MR) is 120 cm³/mol. The van der Waals surface area contributed by atoms with E-state index in [0.717, 1.165) is 32.4 Å². The Bertz CT molecular complexity index is 974. The van der Waals surface area contributed by atoms with Crippen molar-refractivity contribution in [3.63, 3.8) is 0 Å². The van der Waals surface area contributed by atoms with Gasteiger partial charge in [0.25, 0.3) is 0 Å². The summed E-state index contributed by atoms with van der Waals surface area (Å²) < 4.78 is 9.22. The van der Waals surface area contributed by atoms with Crippen molar-refractivity contribution in [2.24, 2.45) is 23.5 Å². The molecule has 1 aliphatic carbocycles. The minimum Gasteiger partial charge on any atom is -0.469 e. The van der Waals surface area contributed by atoms with Crippen LogP contribution in [0.2, 0.25) is 0 Å². The molecule has 2 aliphatic heterocycles. The lowest BCUT2D eigenvalue weighted by molar-refractivity contribution is -0.160. The molecule has 3 heterocycles. The molecule has 3 aliphatic rings. The summed E-state index contributed by atoms with van der Waals surface area (Å²) in [6.45, 7) is 4.15. The minimum atomic E-state index is -0.711. The van der Waals surface area contributed by atoms with E-state index in [0.29, 0.717) is 25.0 Å². The van der Waals surface area contributed by atoms with Crippen LogP contribution in [-0.4, -0.2) is 60.0 Å². The number of piperidine rings is 1. The van der Waals surface area contributed by atoms with Crippen LogP contribution in [0, 0.1) is 17.8 Å². The third-order valence-corrected chi connectivity index (χ3v) is 7.31. The molecule has 0 bridgehead atoms. The largest absolute Gasteiger partial charge is 0.469 e. The van der Waals surface area contributed by atoms with Crippen LogP contribution in [0.1, 0.15) is 43.5 Å². The van der Waals surface area contributed by atoms with Crippen LogP contribution in [0.4, 0.5) is 4.79 Å². The highest BCUT2D eigenvalue weighted by Gasteiger charge is 2.49. The van der Waals surface area contributed by atoms with Crippen molar-refractivity contribution in [2.45, 2.75) is 44.8 Å². The number of nitrogens with two attached hydrogens (primary N) is 1. The Labute approximate surface area is 188 Å². The van der Waals surface area contributed by atoms with E-state index in [4.69, 9.17) is 4.74 Å². The number of aliphatic hydroxyl groups is 1. The Balaban J connectivity index is 0.000000363. The lowest BCUT2D eigenvalue weighted by Crippen LogP contribution is -2.53. The van der Waals surface area contributed by atoms with E-state index < -0.39 is 12.2 Å². The number of benzene rings is 1. The van der Waals surface area contributed by atoms with E-state index in [1.165, 1.54) is 29.3 Å². The molecule has 0 spiro atoms. The predicted octanol–water partition coefficient (Wildman–Crippen LogP) is 2.75. The number of methoxy groups -OCH3 is 1. The second-order valence-electron chi connectivity index (χ2n) is 8.93. The topological polar surface area (TPSA) is 118 Å². The van der Waals surface area contributed by atoms with E-state index in [1.807, 2.05) is 0 Å². The number of aliphatic hydroxyl groups excluding tert-OH is 1. The first-order valence-electron chi connectivity index (χ1n) is 11.5. The molecule has 32 heavy (non-hydrogen) atoms. The number of hydrogen-bond donors (Lipinski definition) is 3. The highest BCUT2D eigenvalue weighted by atomic mass is 16.5. The molecule has 5 rings (SSSR count). The SMILES string of the molecule is CCOC(N)=O.COC(=O)[C@@H]1[C@H]2C[C@H]3c4[nH]c5ccccc5c4CCN3C[C@@H]2CC[C@@H]1O. The maximum atomic E-state index is 12.4. The Morgan fingerprint density at radius 1 is 1.28 bits per heavy atom. The Kier molecular flexibility index (Phi) is 6.71. The zero-order valence-electron chi connectivity index (χ0n) is 18.8. The maximum absolute atomic E-state index is 12.4. The highest BCUT2D eigenvalue weighted by molar-refractivity contribution is 5.85. The van der Waals surface area contributed by atoms with E-state index in [2.05, 4.69) is 44.6 Å². The zero-order chi connectivity index (χ0) is 22.8. The van der Waals surface area contributed by atoms with Crippen molar-refractivity contribution in [1.82, 2.24) is 9.88 Å². The summed E-state index contributed by atoms with van der Waals surface area (Å²) in [6.07, 6.45) is 2.43. The standard InChI is InChI=1S/C21H26N2O3.C3H7NO2/c1-26-21(25)19-15-10-17-20-14(13-4-2-3-5-16(13)22-20)8-9-23(17)11-12(15)6-7-18(19)24;1-2-6-3(4)5/h2-5,12,15,17-19,22,24H,6-11H2,1H3;2H2,1H3,(H2,4,5)/t12-,15-,17-,18-,19+;/m0./s1. The van der Waals surface area contributed by atoms with Crippen molar-refractivity contribution in [3.8, 4) is 0 Å². The number of carbonyl (C=O) groups is 2. The van der Waals surface area contributed by atoms with Gasteiger partial charge in [-0.05, 0) is 56.1 Å². The fourth-order valence-corrected chi connectivity index (χ4v) is 5.95. The van der Waals surface area contributed by atoms with E-state index in [-0.39, 0.29) is 17.8 Å². The fourth-order valence-electron chi connectivity index (χ4n) is 5.95. The molecule has 5 atom stereocenters. The summed E-state index contributed by atoms with van der Waals surface area (Å²) in [5.74, 6) is 0.0541. The molecule has 1 aromatic heterocycles. The summed E-state index contributed by atoms with van der Waals surface area (Å²) in [7, 11) is 1.43. The first-order valence-corrected chi connectivity index (χ1v) is 11.5. The number of ether oxygens (including phenoxy) is 2. The van der Waals surface area contributed by atoms with Crippen LogP contribution < -0.4 is 5.73 Å². The molecule has 8 heteroatoms. The average molecular weight is 444 g/mol. The molecule has 0 radical (unpaired) electrons. The normalized spacial score (nSPS) is 29.0. The molecule has 4 N–H and O–H groups in total. The molecule has 2 aromatic rings. The number of nitrogens with zero attached hydrogens (tertiary/aromatic N) is 1. The summed E-state index contributed by atoms with van der Waals surface area (Å²) in [5, 5.41) is 11.8. The average Bonchev–Trinajstić information content (AvgIpc) is 3.17. The van der Waals surface area contributed by atoms with Gasteiger partial charge in [-0.3, -0.25) is 9.69 Å². The molecule has 174 valence electrons. The van der Waals surface area contributed by atoms with Gasteiger partial charge < -0.3 is 25.3 Å². The second-order valence-corrected chi connectivity index (χ2v) is 8.93. The van der Waals surface area contributed by atoms with Gasteiger partial charge in [-0.25, -0.2) is 4.79 Å². The number of aromatic nitrogens is 1. The maximum Gasteiger partial charge on any atom is 0.404 e. The minimum absolute atomic E-state index is 0.199. The summed E-state index contributed by atoms with van der Waals surface area (Å²) in [6, 6.07) is 8.83. The summed E-state index contributed by atoms with van der Waals surface area (Å²) in [4.78, 5) is 28.2. The van der Waals surface area contributed by atoms with Gasteiger partial charge in [-0.1, -0.05) is 18.2 Å². The molecular formula is C24H33N3O5. The number of carbonyl (C=O) groups excluding carboxylic acids is 2. The number of primary amides is 1. The number of rotatable bonds is 2. The molecule has 1 saturated heterocycles. The first-order chi connectivity index (χ1) is 15.4. The van der Waals surface area contributed by atoms with Crippen molar-refractivity contribution in [2.75, 3.05) is 26.8 Å². The number of fused-ring (bicyclic) bond motifs is 6. The van der Waals surface area contributed by atoms with Crippen molar-refractivity contribution in [1.29, 1.82) is 0 Å².